The lowest BCUT2D eigenvalue weighted by atomic mass is 10.0. The molecule has 12 heteroatoms. The first kappa shape index (κ1) is 32.2. The number of aromatic nitrogens is 2. The number of morpholine rings is 1. The van der Waals surface area contributed by atoms with Crippen molar-refractivity contribution in [1.82, 2.24) is 14.7 Å². The minimum atomic E-state index is -0.605. The van der Waals surface area contributed by atoms with Crippen molar-refractivity contribution in [2.45, 2.75) is 25.9 Å². The van der Waals surface area contributed by atoms with Gasteiger partial charge in [-0.05, 0) is 79.1 Å². The third-order valence-corrected chi connectivity index (χ3v) is 10.6. The number of hydrogen-bond acceptors (Lipinski definition) is 9. The molecule has 0 saturated carbocycles. The highest BCUT2D eigenvalue weighted by atomic mass is 32.1. The predicted molar refractivity (Wildman–Crippen MR) is 188 cm³/mol. The summed E-state index contributed by atoms with van der Waals surface area (Å²) in [6.45, 7) is 5.36. The standard InChI is InChI=1S/C38H36FN5O5S/c1-47-30-12-10-29(11-13-30)44-36-31(14-17-43(37(36)45)28-8-6-27(7-9-28)42-18-20-48-21-19-42)35(40-44)38(46)49-34-22-26-24-41(16-15-33(26)50-34)23-25-4-2-3-5-32(25)39/h2-13,22H,14-21,23-24H2,1H3. The van der Waals surface area contributed by atoms with E-state index in [2.05, 4.69) is 9.80 Å². The van der Waals surface area contributed by atoms with Gasteiger partial charge in [-0.15, -0.1) is 11.3 Å². The number of fused-ring (bicyclic) bond motifs is 2. The number of amides is 1. The van der Waals surface area contributed by atoms with Gasteiger partial charge in [0.05, 0.1) is 26.0 Å². The Morgan fingerprint density at radius 2 is 1.66 bits per heavy atom. The molecule has 3 aliphatic rings. The zero-order chi connectivity index (χ0) is 34.2. The highest BCUT2D eigenvalue weighted by Gasteiger charge is 2.36. The van der Waals surface area contributed by atoms with Crippen molar-refractivity contribution >= 4 is 34.6 Å². The van der Waals surface area contributed by atoms with Crippen molar-refractivity contribution in [3.8, 4) is 16.5 Å². The van der Waals surface area contributed by atoms with Gasteiger partial charge in [0.15, 0.2) is 10.8 Å². The molecule has 8 rings (SSSR count). The molecule has 5 aromatic rings. The zero-order valence-corrected chi connectivity index (χ0v) is 28.5. The van der Waals surface area contributed by atoms with E-state index in [4.69, 9.17) is 19.3 Å². The van der Waals surface area contributed by atoms with Gasteiger partial charge in [0.1, 0.15) is 17.3 Å². The Bertz CT molecular complexity index is 2040. The van der Waals surface area contributed by atoms with Crippen LogP contribution in [0.2, 0.25) is 0 Å². The Kier molecular flexibility index (Phi) is 8.82. The van der Waals surface area contributed by atoms with E-state index >= 15 is 0 Å². The zero-order valence-electron chi connectivity index (χ0n) is 27.6. The van der Waals surface area contributed by atoms with Gasteiger partial charge in [0.25, 0.3) is 5.91 Å². The minimum absolute atomic E-state index is 0.124. The van der Waals surface area contributed by atoms with Crippen LogP contribution in [0.4, 0.5) is 15.8 Å². The Hall–Kier alpha value is -5.04. The molecular weight excluding hydrogens is 658 g/mol. The first-order valence-corrected chi connectivity index (χ1v) is 17.6. The van der Waals surface area contributed by atoms with Crippen LogP contribution in [0, 0.1) is 5.82 Å². The maximum atomic E-state index is 14.3. The van der Waals surface area contributed by atoms with E-state index in [1.807, 2.05) is 54.6 Å². The number of halogens is 1. The molecule has 3 aliphatic heterocycles. The Labute approximate surface area is 293 Å². The fraction of sp³-hybridized carbons (Fsp3) is 0.289. The molecule has 50 heavy (non-hydrogen) atoms. The Morgan fingerprint density at radius 1 is 0.920 bits per heavy atom. The summed E-state index contributed by atoms with van der Waals surface area (Å²) in [5, 5.41) is 5.19. The first-order chi connectivity index (χ1) is 24.4. The number of thiophene rings is 1. The van der Waals surface area contributed by atoms with Crippen LogP contribution in [-0.2, 0) is 30.7 Å². The molecular formula is C38H36FN5O5S. The number of nitrogens with zero attached hydrogens (tertiary/aromatic N) is 5. The summed E-state index contributed by atoms with van der Waals surface area (Å²) in [7, 11) is 1.59. The number of rotatable bonds is 8. The first-order valence-electron chi connectivity index (χ1n) is 16.8. The quantitative estimate of drug-likeness (QED) is 0.186. The van der Waals surface area contributed by atoms with E-state index in [0.29, 0.717) is 72.6 Å². The van der Waals surface area contributed by atoms with Gasteiger partial charge in [-0.2, -0.15) is 5.10 Å². The summed E-state index contributed by atoms with van der Waals surface area (Å²) in [5.41, 5.74) is 5.24. The van der Waals surface area contributed by atoms with Crippen molar-refractivity contribution in [1.29, 1.82) is 0 Å². The fourth-order valence-corrected chi connectivity index (χ4v) is 7.91. The van der Waals surface area contributed by atoms with Crippen molar-refractivity contribution < 1.29 is 28.2 Å². The SMILES string of the molecule is COc1ccc(-n2nc(C(=O)Oc3cc4c(s3)CCN(Cc3ccccc3F)C4)c3c2C(=O)N(c2ccc(N4CCOCC4)cc2)CC3)cc1. The normalized spacial score (nSPS) is 16.2. The molecule has 1 amide bonds. The average Bonchev–Trinajstić information content (AvgIpc) is 3.75. The number of benzene rings is 3. The van der Waals surface area contributed by atoms with Crippen LogP contribution >= 0.6 is 11.3 Å². The van der Waals surface area contributed by atoms with Crippen LogP contribution in [0.3, 0.4) is 0 Å². The number of ether oxygens (including phenoxy) is 3. The lowest BCUT2D eigenvalue weighted by Gasteiger charge is -2.30. The van der Waals surface area contributed by atoms with Crippen molar-refractivity contribution in [2.24, 2.45) is 0 Å². The summed E-state index contributed by atoms with van der Waals surface area (Å²) in [4.78, 5) is 35.4. The van der Waals surface area contributed by atoms with E-state index in [1.165, 1.54) is 17.4 Å². The second-order valence-corrected chi connectivity index (χ2v) is 13.7. The van der Waals surface area contributed by atoms with Gasteiger partial charge < -0.3 is 24.0 Å². The number of hydrogen-bond donors (Lipinski definition) is 0. The molecule has 0 radical (unpaired) electrons. The van der Waals surface area contributed by atoms with Crippen LogP contribution in [-0.4, -0.2) is 73.1 Å². The monoisotopic (exact) mass is 693 g/mol. The van der Waals surface area contributed by atoms with Crippen molar-refractivity contribution in [3.63, 3.8) is 0 Å². The Morgan fingerprint density at radius 3 is 2.42 bits per heavy atom. The van der Waals surface area contributed by atoms with Crippen LogP contribution in [0.1, 0.15) is 42.5 Å². The van der Waals surface area contributed by atoms with E-state index in [0.717, 1.165) is 47.9 Å². The Balaban J connectivity index is 1.05. The molecule has 256 valence electrons. The molecule has 0 atom stereocenters. The molecule has 5 heterocycles. The summed E-state index contributed by atoms with van der Waals surface area (Å²) in [6, 6.07) is 23.9. The highest BCUT2D eigenvalue weighted by molar-refractivity contribution is 7.14. The van der Waals surface area contributed by atoms with Gasteiger partial charge in [-0.1, -0.05) is 18.2 Å². The predicted octanol–water partition coefficient (Wildman–Crippen LogP) is 5.90. The number of esters is 1. The molecule has 10 nitrogen and oxygen atoms in total. The average molecular weight is 694 g/mol. The smallest absolute Gasteiger partial charge is 0.365 e. The summed E-state index contributed by atoms with van der Waals surface area (Å²) < 4.78 is 32.6. The third-order valence-electron chi connectivity index (χ3n) is 9.53. The molecule has 0 bridgehead atoms. The molecule has 3 aromatic carbocycles. The van der Waals surface area contributed by atoms with Gasteiger partial charge in [0.2, 0.25) is 0 Å². The number of methoxy groups -OCH3 is 1. The summed E-state index contributed by atoms with van der Waals surface area (Å²) in [5.74, 6) is -0.392. The lowest BCUT2D eigenvalue weighted by Crippen LogP contribution is -2.39. The van der Waals surface area contributed by atoms with Crippen LogP contribution in [0.5, 0.6) is 10.8 Å². The highest BCUT2D eigenvalue weighted by Crippen LogP contribution is 2.36. The number of anilines is 2. The molecule has 0 N–H and O–H groups in total. The topological polar surface area (TPSA) is 89.4 Å². The van der Waals surface area contributed by atoms with Crippen LogP contribution < -0.4 is 19.3 Å². The van der Waals surface area contributed by atoms with E-state index in [9.17, 15) is 14.0 Å². The van der Waals surface area contributed by atoms with E-state index in [1.54, 1.807) is 34.9 Å². The molecule has 2 aromatic heterocycles. The summed E-state index contributed by atoms with van der Waals surface area (Å²) in [6.07, 6.45) is 1.21. The molecule has 0 aliphatic carbocycles. The largest absolute Gasteiger partial charge is 0.497 e. The van der Waals surface area contributed by atoms with Crippen molar-refractivity contribution in [3.05, 3.63) is 118 Å². The van der Waals surface area contributed by atoms with Crippen molar-refractivity contribution in [2.75, 3.05) is 56.3 Å². The van der Waals surface area contributed by atoms with Gasteiger partial charge >= 0.3 is 5.97 Å². The van der Waals surface area contributed by atoms with Gasteiger partial charge in [-0.3, -0.25) is 9.69 Å². The fourth-order valence-electron chi connectivity index (χ4n) is 6.90. The second kappa shape index (κ2) is 13.7. The van der Waals surface area contributed by atoms with Crippen LogP contribution in [0.15, 0.2) is 78.9 Å². The second-order valence-electron chi connectivity index (χ2n) is 12.6. The van der Waals surface area contributed by atoms with Crippen LogP contribution in [0.25, 0.3) is 5.69 Å². The number of carbonyl (C=O) groups excluding carboxylic acids is 2. The van der Waals surface area contributed by atoms with E-state index < -0.39 is 5.97 Å². The third kappa shape index (κ3) is 6.26. The van der Waals surface area contributed by atoms with E-state index in [-0.39, 0.29) is 17.4 Å². The lowest BCUT2D eigenvalue weighted by molar-refractivity contribution is 0.0732. The molecule has 1 fully saturated rings. The maximum Gasteiger partial charge on any atom is 0.365 e. The molecule has 0 unspecified atom stereocenters. The van der Waals surface area contributed by atoms with Gasteiger partial charge in [-0.25, -0.2) is 13.9 Å². The summed E-state index contributed by atoms with van der Waals surface area (Å²) >= 11 is 1.45. The minimum Gasteiger partial charge on any atom is -0.497 e. The maximum absolute atomic E-state index is 14.3. The van der Waals surface area contributed by atoms with Gasteiger partial charge in [0, 0.05) is 66.6 Å². The number of carbonyl (C=O) groups is 2. The molecule has 0 spiro atoms. The molecule has 1 saturated heterocycles.